The minimum atomic E-state index is -4.42. The molecule has 10 heteroatoms. The molecular formula is C18H21F3N6S. The topological polar surface area (TPSA) is 67.1 Å². The minimum absolute atomic E-state index is 0.0864. The Balaban J connectivity index is 1.62. The number of alkyl halides is 3. The quantitative estimate of drug-likeness (QED) is 0.482. The molecule has 0 aliphatic carbocycles. The summed E-state index contributed by atoms with van der Waals surface area (Å²) in [5.74, 6) is 1.46. The number of para-hydroxylation sites is 2. The Morgan fingerprint density at radius 2 is 2.00 bits per heavy atom. The number of hydrogen-bond donors (Lipinski definition) is 2. The summed E-state index contributed by atoms with van der Waals surface area (Å²) in [5.41, 5.74) is 1.14. The van der Waals surface area contributed by atoms with E-state index in [1.54, 1.807) is 0 Å². The third-order valence-electron chi connectivity index (χ3n) is 4.03. The Morgan fingerprint density at radius 1 is 1.21 bits per heavy atom. The summed E-state index contributed by atoms with van der Waals surface area (Å²) >= 11 is 0.956. The number of imidazole rings is 1. The summed E-state index contributed by atoms with van der Waals surface area (Å²) in [6, 6.07) is 7.93. The van der Waals surface area contributed by atoms with Crippen LogP contribution in [0.3, 0.4) is 0 Å². The summed E-state index contributed by atoms with van der Waals surface area (Å²) in [5, 5.41) is 7.63. The molecule has 1 aromatic carbocycles. The molecule has 0 amide bonds. The molecule has 0 radical (unpaired) electrons. The molecular weight excluding hydrogens is 389 g/mol. The number of aliphatic imine (C=N–C) groups is 1. The molecule has 2 aromatic heterocycles. The highest BCUT2D eigenvalue weighted by atomic mass is 32.1. The molecule has 0 atom stereocenters. The fraction of sp³-hybridized carbons (Fsp3) is 0.389. The molecule has 0 fully saturated rings. The van der Waals surface area contributed by atoms with Crippen LogP contribution in [-0.2, 0) is 19.3 Å². The third kappa shape index (κ3) is 4.80. The lowest BCUT2D eigenvalue weighted by Crippen LogP contribution is -2.38. The largest absolute Gasteiger partial charge is 0.434 e. The fourth-order valence-corrected chi connectivity index (χ4v) is 3.49. The SMILES string of the molecule is CCNC(=NCc1nc(C(F)(F)F)cs1)NCCn1c(C)nc2ccccc21. The van der Waals surface area contributed by atoms with Gasteiger partial charge in [-0.1, -0.05) is 12.1 Å². The predicted octanol–water partition coefficient (Wildman–Crippen LogP) is 3.58. The van der Waals surface area contributed by atoms with E-state index in [4.69, 9.17) is 0 Å². The first kappa shape index (κ1) is 20.1. The highest BCUT2D eigenvalue weighted by molar-refractivity contribution is 7.09. The number of fused-ring (bicyclic) bond motifs is 1. The molecule has 2 N–H and O–H groups in total. The number of benzene rings is 1. The van der Waals surface area contributed by atoms with Gasteiger partial charge in [-0.3, -0.25) is 0 Å². The average molecular weight is 410 g/mol. The van der Waals surface area contributed by atoms with E-state index >= 15 is 0 Å². The number of nitrogens with zero attached hydrogens (tertiary/aromatic N) is 4. The van der Waals surface area contributed by atoms with Gasteiger partial charge in [-0.05, 0) is 26.0 Å². The van der Waals surface area contributed by atoms with E-state index in [1.165, 1.54) is 0 Å². The standard InChI is InChI=1S/C18H21F3N6S/c1-3-22-17(24-10-16-26-15(11-28-16)18(19,20)21)23-8-9-27-12(2)25-13-6-4-5-7-14(13)27/h4-7,11H,3,8-10H2,1-2H3,(H2,22,23,24). The van der Waals surface area contributed by atoms with Crippen LogP contribution in [0.4, 0.5) is 13.2 Å². The molecule has 0 spiro atoms. The van der Waals surface area contributed by atoms with Gasteiger partial charge >= 0.3 is 6.18 Å². The number of rotatable bonds is 6. The Labute approximate surface area is 164 Å². The van der Waals surface area contributed by atoms with Gasteiger partial charge in [0.25, 0.3) is 0 Å². The lowest BCUT2D eigenvalue weighted by molar-refractivity contribution is -0.140. The van der Waals surface area contributed by atoms with E-state index in [-0.39, 0.29) is 6.54 Å². The Hall–Kier alpha value is -2.62. The van der Waals surface area contributed by atoms with Crippen molar-refractivity contribution in [3.05, 3.63) is 46.2 Å². The Bertz CT molecular complexity index is 960. The molecule has 3 aromatic rings. The second-order valence-electron chi connectivity index (χ2n) is 6.05. The van der Waals surface area contributed by atoms with Crippen molar-refractivity contribution >= 4 is 28.3 Å². The van der Waals surface area contributed by atoms with Crippen molar-refractivity contribution in [2.24, 2.45) is 4.99 Å². The van der Waals surface area contributed by atoms with Crippen LogP contribution >= 0.6 is 11.3 Å². The van der Waals surface area contributed by atoms with E-state index in [0.29, 0.717) is 30.6 Å². The van der Waals surface area contributed by atoms with Crippen LogP contribution in [-0.4, -0.2) is 33.6 Å². The van der Waals surface area contributed by atoms with Gasteiger partial charge in [0.1, 0.15) is 10.8 Å². The molecule has 2 heterocycles. The van der Waals surface area contributed by atoms with E-state index in [2.05, 4.69) is 30.2 Å². The highest BCUT2D eigenvalue weighted by Crippen LogP contribution is 2.30. The highest BCUT2D eigenvalue weighted by Gasteiger charge is 2.33. The number of guanidine groups is 1. The maximum Gasteiger partial charge on any atom is 0.434 e. The van der Waals surface area contributed by atoms with Crippen LogP contribution in [0.5, 0.6) is 0 Å². The van der Waals surface area contributed by atoms with Gasteiger partial charge in [-0.25, -0.2) is 15.0 Å². The van der Waals surface area contributed by atoms with Crippen molar-refractivity contribution in [3.8, 4) is 0 Å². The number of nitrogens with one attached hydrogen (secondary N) is 2. The van der Waals surface area contributed by atoms with E-state index in [9.17, 15) is 13.2 Å². The predicted molar refractivity (Wildman–Crippen MR) is 104 cm³/mol. The Kier molecular flexibility index (Phi) is 6.18. The monoisotopic (exact) mass is 410 g/mol. The molecule has 0 saturated heterocycles. The first-order valence-electron chi connectivity index (χ1n) is 8.84. The molecule has 0 saturated carbocycles. The van der Waals surface area contributed by atoms with Crippen LogP contribution < -0.4 is 10.6 Å². The zero-order chi connectivity index (χ0) is 20.1. The normalized spacial score (nSPS) is 12.5. The van der Waals surface area contributed by atoms with Crippen molar-refractivity contribution in [3.63, 3.8) is 0 Å². The number of halogens is 3. The second kappa shape index (κ2) is 8.59. The smallest absolute Gasteiger partial charge is 0.357 e. The maximum absolute atomic E-state index is 12.6. The van der Waals surface area contributed by atoms with Crippen molar-refractivity contribution in [2.45, 2.75) is 33.1 Å². The van der Waals surface area contributed by atoms with Crippen LogP contribution in [0.2, 0.25) is 0 Å². The summed E-state index contributed by atoms with van der Waals surface area (Å²) in [6.07, 6.45) is -4.42. The molecule has 0 bridgehead atoms. The summed E-state index contributed by atoms with van der Waals surface area (Å²) in [4.78, 5) is 12.5. The molecule has 0 aliphatic rings. The number of hydrogen-bond acceptors (Lipinski definition) is 4. The molecule has 0 unspecified atom stereocenters. The zero-order valence-electron chi connectivity index (χ0n) is 15.5. The first-order chi connectivity index (χ1) is 13.4. The summed E-state index contributed by atoms with van der Waals surface area (Å²) in [7, 11) is 0. The molecule has 150 valence electrons. The van der Waals surface area contributed by atoms with E-state index in [0.717, 1.165) is 33.6 Å². The number of aromatic nitrogens is 3. The van der Waals surface area contributed by atoms with Crippen molar-refractivity contribution in [2.75, 3.05) is 13.1 Å². The van der Waals surface area contributed by atoms with Gasteiger partial charge in [0.2, 0.25) is 0 Å². The van der Waals surface area contributed by atoms with Gasteiger partial charge in [0.15, 0.2) is 11.7 Å². The third-order valence-corrected chi connectivity index (χ3v) is 4.87. The maximum atomic E-state index is 12.6. The Morgan fingerprint density at radius 3 is 2.71 bits per heavy atom. The van der Waals surface area contributed by atoms with Crippen LogP contribution in [0.25, 0.3) is 11.0 Å². The summed E-state index contributed by atoms with van der Waals surface area (Å²) < 4.78 is 40.0. The number of aryl methyl sites for hydroxylation is 1. The summed E-state index contributed by atoms with van der Waals surface area (Å²) in [6.45, 7) is 5.90. The van der Waals surface area contributed by atoms with Crippen LogP contribution in [0.1, 0.15) is 23.4 Å². The zero-order valence-corrected chi connectivity index (χ0v) is 16.4. The second-order valence-corrected chi connectivity index (χ2v) is 6.99. The minimum Gasteiger partial charge on any atom is -0.357 e. The number of thiazole rings is 1. The molecule has 3 rings (SSSR count). The van der Waals surface area contributed by atoms with Crippen molar-refractivity contribution in [1.29, 1.82) is 0 Å². The van der Waals surface area contributed by atoms with Crippen molar-refractivity contribution < 1.29 is 13.2 Å². The first-order valence-corrected chi connectivity index (χ1v) is 9.72. The van der Waals surface area contributed by atoms with Gasteiger partial charge < -0.3 is 15.2 Å². The molecule has 6 nitrogen and oxygen atoms in total. The van der Waals surface area contributed by atoms with Gasteiger partial charge in [-0.2, -0.15) is 13.2 Å². The lowest BCUT2D eigenvalue weighted by Gasteiger charge is -2.12. The van der Waals surface area contributed by atoms with Crippen LogP contribution in [0, 0.1) is 6.92 Å². The van der Waals surface area contributed by atoms with Gasteiger partial charge in [0.05, 0.1) is 17.6 Å². The van der Waals surface area contributed by atoms with Gasteiger partial charge in [0, 0.05) is 25.0 Å². The molecule has 0 aliphatic heterocycles. The fourth-order valence-electron chi connectivity index (χ4n) is 2.77. The van der Waals surface area contributed by atoms with E-state index in [1.807, 2.05) is 38.1 Å². The molecule has 28 heavy (non-hydrogen) atoms. The van der Waals surface area contributed by atoms with Crippen LogP contribution in [0.15, 0.2) is 34.6 Å². The van der Waals surface area contributed by atoms with Gasteiger partial charge in [-0.15, -0.1) is 11.3 Å². The van der Waals surface area contributed by atoms with Crippen molar-refractivity contribution in [1.82, 2.24) is 25.2 Å². The van der Waals surface area contributed by atoms with E-state index < -0.39 is 11.9 Å². The average Bonchev–Trinajstić information content (AvgIpc) is 3.24. The lowest BCUT2D eigenvalue weighted by atomic mass is 10.3.